The van der Waals surface area contributed by atoms with Gasteiger partial charge in [-0.25, -0.2) is 4.98 Å². The Morgan fingerprint density at radius 2 is 2.00 bits per heavy atom. The van der Waals surface area contributed by atoms with Crippen molar-refractivity contribution in [2.45, 2.75) is 19.3 Å². The molecule has 0 radical (unpaired) electrons. The number of H-pyrrole nitrogens is 1. The van der Waals surface area contributed by atoms with E-state index in [1.807, 2.05) is 24.3 Å². The third-order valence-electron chi connectivity index (χ3n) is 2.47. The number of aromatic nitrogens is 3. The molecule has 1 aromatic heterocycles. The Morgan fingerprint density at radius 1 is 1.24 bits per heavy atom. The Kier molecular flexibility index (Phi) is 4.12. The number of aromatic amines is 1. The zero-order valence-electron chi connectivity index (χ0n) is 9.49. The van der Waals surface area contributed by atoms with Crippen LogP contribution in [-0.4, -0.2) is 21.7 Å². The van der Waals surface area contributed by atoms with Crippen LogP contribution in [0.3, 0.4) is 0 Å². The van der Waals surface area contributed by atoms with Crippen LogP contribution in [0, 0.1) is 0 Å². The SMILES string of the molecule is NCCCc1n[nH]c(Cc2ccc(Cl)cc2)n1. The summed E-state index contributed by atoms with van der Waals surface area (Å²) in [7, 11) is 0. The molecule has 0 aliphatic rings. The molecule has 0 aliphatic heterocycles. The predicted octanol–water partition coefficient (Wildman–Crippen LogP) is 1.94. The number of halogens is 1. The van der Waals surface area contributed by atoms with Gasteiger partial charge in [0.1, 0.15) is 5.82 Å². The maximum Gasteiger partial charge on any atom is 0.150 e. The number of nitrogens with one attached hydrogen (secondary N) is 1. The molecule has 1 aromatic carbocycles. The van der Waals surface area contributed by atoms with Crippen molar-refractivity contribution in [1.29, 1.82) is 0 Å². The van der Waals surface area contributed by atoms with Gasteiger partial charge in [-0.05, 0) is 30.7 Å². The first-order valence-electron chi connectivity index (χ1n) is 5.62. The Balaban J connectivity index is 1.98. The second-order valence-electron chi connectivity index (χ2n) is 3.89. The van der Waals surface area contributed by atoms with Gasteiger partial charge >= 0.3 is 0 Å². The molecule has 0 atom stereocenters. The lowest BCUT2D eigenvalue weighted by Gasteiger charge is -1.97. The van der Waals surface area contributed by atoms with Gasteiger partial charge in [0.05, 0.1) is 0 Å². The minimum Gasteiger partial charge on any atom is -0.330 e. The van der Waals surface area contributed by atoms with E-state index in [9.17, 15) is 0 Å². The van der Waals surface area contributed by atoms with Gasteiger partial charge < -0.3 is 5.73 Å². The van der Waals surface area contributed by atoms with E-state index in [-0.39, 0.29) is 0 Å². The summed E-state index contributed by atoms with van der Waals surface area (Å²) < 4.78 is 0. The fraction of sp³-hybridized carbons (Fsp3) is 0.333. The highest BCUT2D eigenvalue weighted by molar-refractivity contribution is 6.30. The molecular formula is C12H15ClN4. The van der Waals surface area contributed by atoms with E-state index in [4.69, 9.17) is 17.3 Å². The number of aryl methyl sites for hydroxylation is 1. The van der Waals surface area contributed by atoms with E-state index in [1.54, 1.807) is 0 Å². The summed E-state index contributed by atoms with van der Waals surface area (Å²) in [6, 6.07) is 7.74. The molecule has 0 aliphatic carbocycles. The van der Waals surface area contributed by atoms with Crippen molar-refractivity contribution < 1.29 is 0 Å². The van der Waals surface area contributed by atoms with Gasteiger partial charge in [-0.15, -0.1) is 0 Å². The molecule has 0 fully saturated rings. The molecule has 0 bridgehead atoms. The van der Waals surface area contributed by atoms with Crippen molar-refractivity contribution >= 4 is 11.6 Å². The molecular weight excluding hydrogens is 236 g/mol. The topological polar surface area (TPSA) is 67.6 Å². The summed E-state index contributed by atoms with van der Waals surface area (Å²) in [5.41, 5.74) is 6.61. The Bertz CT molecular complexity index is 464. The van der Waals surface area contributed by atoms with Crippen LogP contribution in [0.5, 0.6) is 0 Å². The lowest BCUT2D eigenvalue weighted by molar-refractivity contribution is 0.785. The fourth-order valence-electron chi connectivity index (χ4n) is 1.58. The number of nitrogens with zero attached hydrogens (tertiary/aromatic N) is 2. The molecule has 1 heterocycles. The zero-order valence-corrected chi connectivity index (χ0v) is 10.2. The third-order valence-corrected chi connectivity index (χ3v) is 2.72. The van der Waals surface area contributed by atoms with Gasteiger partial charge in [0.15, 0.2) is 5.82 Å². The Morgan fingerprint density at radius 3 is 2.71 bits per heavy atom. The molecule has 2 rings (SSSR count). The quantitative estimate of drug-likeness (QED) is 0.852. The second-order valence-corrected chi connectivity index (χ2v) is 4.33. The van der Waals surface area contributed by atoms with Crippen LogP contribution < -0.4 is 5.73 Å². The maximum absolute atomic E-state index is 5.83. The number of rotatable bonds is 5. The highest BCUT2D eigenvalue weighted by Gasteiger charge is 2.03. The average Bonchev–Trinajstić information content (AvgIpc) is 2.77. The van der Waals surface area contributed by atoms with Crippen molar-refractivity contribution in [3.63, 3.8) is 0 Å². The largest absolute Gasteiger partial charge is 0.330 e. The fourth-order valence-corrected chi connectivity index (χ4v) is 1.71. The standard InChI is InChI=1S/C12H15ClN4/c13-10-5-3-9(4-6-10)8-12-15-11(16-17-12)2-1-7-14/h3-6H,1-2,7-8,14H2,(H,15,16,17). The minimum absolute atomic E-state index is 0.668. The summed E-state index contributed by atoms with van der Waals surface area (Å²) in [6.45, 7) is 0.668. The maximum atomic E-state index is 5.83. The molecule has 0 spiro atoms. The first kappa shape index (κ1) is 12.1. The minimum atomic E-state index is 0.668. The molecule has 5 heteroatoms. The monoisotopic (exact) mass is 250 g/mol. The van der Waals surface area contributed by atoms with Gasteiger partial charge in [-0.1, -0.05) is 23.7 Å². The Labute approximate surface area is 105 Å². The lowest BCUT2D eigenvalue weighted by Crippen LogP contribution is -2.01. The number of hydrogen-bond donors (Lipinski definition) is 2. The highest BCUT2D eigenvalue weighted by atomic mass is 35.5. The van der Waals surface area contributed by atoms with Gasteiger partial charge in [0.25, 0.3) is 0 Å². The van der Waals surface area contributed by atoms with E-state index in [0.29, 0.717) is 6.54 Å². The molecule has 90 valence electrons. The summed E-state index contributed by atoms with van der Waals surface area (Å²) in [6.07, 6.45) is 2.48. The lowest BCUT2D eigenvalue weighted by atomic mass is 10.1. The Hall–Kier alpha value is -1.39. The number of benzene rings is 1. The first-order chi connectivity index (χ1) is 8.28. The van der Waals surface area contributed by atoms with Crippen molar-refractivity contribution in [3.05, 3.63) is 46.5 Å². The van der Waals surface area contributed by atoms with Gasteiger partial charge in [0, 0.05) is 17.9 Å². The second kappa shape index (κ2) is 5.80. The van der Waals surface area contributed by atoms with Crippen molar-refractivity contribution in [1.82, 2.24) is 15.2 Å². The summed E-state index contributed by atoms with van der Waals surface area (Å²) in [4.78, 5) is 4.41. The first-order valence-corrected chi connectivity index (χ1v) is 6.00. The van der Waals surface area contributed by atoms with E-state index in [1.165, 1.54) is 0 Å². The zero-order chi connectivity index (χ0) is 12.1. The van der Waals surface area contributed by atoms with Crippen LogP contribution in [0.25, 0.3) is 0 Å². The number of nitrogens with two attached hydrogens (primary N) is 1. The highest BCUT2D eigenvalue weighted by Crippen LogP contribution is 2.11. The van der Waals surface area contributed by atoms with Crippen molar-refractivity contribution in [3.8, 4) is 0 Å². The smallest absolute Gasteiger partial charge is 0.150 e. The van der Waals surface area contributed by atoms with Crippen molar-refractivity contribution in [2.75, 3.05) is 6.54 Å². The van der Waals surface area contributed by atoms with E-state index < -0.39 is 0 Å². The molecule has 0 unspecified atom stereocenters. The molecule has 0 saturated carbocycles. The molecule has 17 heavy (non-hydrogen) atoms. The van der Waals surface area contributed by atoms with Crippen LogP contribution in [0.4, 0.5) is 0 Å². The van der Waals surface area contributed by atoms with Gasteiger partial charge in [-0.2, -0.15) is 5.10 Å². The normalized spacial score (nSPS) is 10.7. The van der Waals surface area contributed by atoms with E-state index in [0.717, 1.165) is 41.5 Å². The van der Waals surface area contributed by atoms with Crippen LogP contribution in [-0.2, 0) is 12.8 Å². The average molecular weight is 251 g/mol. The van der Waals surface area contributed by atoms with Crippen molar-refractivity contribution in [2.24, 2.45) is 5.73 Å². The molecule has 0 saturated heterocycles. The molecule has 3 N–H and O–H groups in total. The van der Waals surface area contributed by atoms with Crippen LogP contribution in [0.1, 0.15) is 23.6 Å². The van der Waals surface area contributed by atoms with Crippen LogP contribution in [0.15, 0.2) is 24.3 Å². The van der Waals surface area contributed by atoms with Gasteiger partial charge in [0.2, 0.25) is 0 Å². The summed E-state index contributed by atoms with van der Waals surface area (Å²) in [5, 5.41) is 7.84. The number of hydrogen-bond acceptors (Lipinski definition) is 3. The predicted molar refractivity (Wildman–Crippen MR) is 68.0 cm³/mol. The van der Waals surface area contributed by atoms with Gasteiger partial charge in [-0.3, -0.25) is 5.10 Å². The molecule has 0 amide bonds. The van der Waals surface area contributed by atoms with E-state index >= 15 is 0 Å². The van der Waals surface area contributed by atoms with E-state index in [2.05, 4.69) is 15.2 Å². The summed E-state index contributed by atoms with van der Waals surface area (Å²) in [5.74, 6) is 1.71. The molecule has 4 nitrogen and oxygen atoms in total. The summed E-state index contributed by atoms with van der Waals surface area (Å²) >= 11 is 5.83. The van der Waals surface area contributed by atoms with Crippen LogP contribution in [0.2, 0.25) is 5.02 Å². The van der Waals surface area contributed by atoms with Crippen LogP contribution >= 0.6 is 11.6 Å². The molecule has 2 aromatic rings. The third kappa shape index (κ3) is 3.54.